The number of aromatic carboxylic acids is 1. The first-order valence-electron chi connectivity index (χ1n) is 8.52. The monoisotopic (exact) mass is 424 g/mol. The minimum Gasteiger partial charge on any atom is -0.476 e. The molecule has 0 unspecified atom stereocenters. The zero-order valence-electron chi connectivity index (χ0n) is 15.0. The molecule has 1 heterocycles. The molecule has 29 heavy (non-hydrogen) atoms. The molecule has 0 fully saturated rings. The molecule has 3 aromatic rings. The van der Waals surface area contributed by atoms with Gasteiger partial charge in [0.25, 0.3) is 0 Å². The predicted octanol–water partition coefficient (Wildman–Crippen LogP) is 5.20. The number of aromatic nitrogens is 1. The van der Waals surface area contributed by atoms with Gasteiger partial charge in [0.2, 0.25) is 0 Å². The molecule has 0 saturated heterocycles. The average Bonchev–Trinajstić information content (AvgIpc) is 3.12. The summed E-state index contributed by atoms with van der Waals surface area (Å²) in [6.45, 7) is 0.410. The summed E-state index contributed by atoms with van der Waals surface area (Å²) in [5.74, 6) is -1.59. The standard InChI is InChI=1S/C20H16F4N2O2S/c21-16-7-2-1-5-14(16)10-26(11-18-25-17(12-29-18)19(27)28)9-13-4-3-6-15(8-13)20(22,23)24/h1-8,12H,9-11H2,(H,27,28). The van der Waals surface area contributed by atoms with E-state index < -0.39 is 23.5 Å². The van der Waals surface area contributed by atoms with Crippen molar-refractivity contribution in [3.8, 4) is 0 Å². The summed E-state index contributed by atoms with van der Waals surface area (Å²) < 4.78 is 53.1. The van der Waals surface area contributed by atoms with Crippen LogP contribution in [0.2, 0.25) is 0 Å². The van der Waals surface area contributed by atoms with Gasteiger partial charge in [0.1, 0.15) is 10.8 Å². The van der Waals surface area contributed by atoms with Gasteiger partial charge in [-0.15, -0.1) is 11.3 Å². The van der Waals surface area contributed by atoms with Crippen LogP contribution in [0.1, 0.15) is 32.2 Å². The van der Waals surface area contributed by atoms with Crippen LogP contribution in [0.15, 0.2) is 53.9 Å². The number of benzene rings is 2. The molecule has 0 spiro atoms. The van der Waals surface area contributed by atoms with Gasteiger partial charge in [-0.1, -0.05) is 36.4 Å². The number of halogens is 4. The van der Waals surface area contributed by atoms with Crippen molar-refractivity contribution in [2.24, 2.45) is 0 Å². The minimum atomic E-state index is -4.46. The van der Waals surface area contributed by atoms with Crippen LogP contribution in [-0.2, 0) is 25.8 Å². The molecule has 0 bridgehead atoms. The number of carboxylic acid groups (broad SMARTS) is 1. The number of rotatable bonds is 7. The van der Waals surface area contributed by atoms with E-state index in [4.69, 9.17) is 5.11 Å². The molecule has 2 aromatic carbocycles. The van der Waals surface area contributed by atoms with Gasteiger partial charge >= 0.3 is 12.1 Å². The van der Waals surface area contributed by atoms with Crippen molar-refractivity contribution in [2.45, 2.75) is 25.8 Å². The maximum absolute atomic E-state index is 14.1. The molecule has 0 amide bonds. The molecule has 1 N–H and O–H groups in total. The number of carboxylic acids is 1. The first-order valence-corrected chi connectivity index (χ1v) is 9.40. The Hall–Kier alpha value is -2.78. The third-order valence-corrected chi connectivity index (χ3v) is 4.98. The maximum atomic E-state index is 14.1. The summed E-state index contributed by atoms with van der Waals surface area (Å²) in [4.78, 5) is 16.8. The van der Waals surface area contributed by atoms with Crippen molar-refractivity contribution in [3.05, 3.63) is 87.1 Å². The molecule has 0 aliphatic carbocycles. The van der Waals surface area contributed by atoms with Gasteiger partial charge in [0.05, 0.1) is 12.1 Å². The zero-order valence-corrected chi connectivity index (χ0v) is 15.8. The Labute approximate surface area is 168 Å². The second-order valence-electron chi connectivity index (χ2n) is 6.37. The highest BCUT2D eigenvalue weighted by Crippen LogP contribution is 2.30. The van der Waals surface area contributed by atoms with E-state index in [2.05, 4.69) is 4.98 Å². The van der Waals surface area contributed by atoms with Gasteiger partial charge < -0.3 is 5.11 Å². The number of hydrogen-bond acceptors (Lipinski definition) is 4. The lowest BCUT2D eigenvalue weighted by Gasteiger charge is -2.22. The highest BCUT2D eigenvalue weighted by Gasteiger charge is 2.30. The largest absolute Gasteiger partial charge is 0.476 e. The second-order valence-corrected chi connectivity index (χ2v) is 7.31. The molecule has 152 valence electrons. The van der Waals surface area contributed by atoms with Crippen LogP contribution in [-0.4, -0.2) is 21.0 Å². The van der Waals surface area contributed by atoms with E-state index >= 15 is 0 Å². The van der Waals surface area contributed by atoms with Crippen LogP contribution in [0, 0.1) is 5.82 Å². The molecule has 0 atom stereocenters. The zero-order chi connectivity index (χ0) is 21.0. The third kappa shape index (κ3) is 5.61. The summed E-state index contributed by atoms with van der Waals surface area (Å²) in [5.41, 5.74) is -0.0705. The second kappa shape index (κ2) is 8.71. The lowest BCUT2D eigenvalue weighted by Crippen LogP contribution is -2.23. The molecule has 3 rings (SSSR count). The molecular weight excluding hydrogens is 408 g/mol. The SMILES string of the molecule is O=C(O)c1csc(CN(Cc2cccc(C(F)(F)F)c2)Cc2ccccc2F)n1. The summed E-state index contributed by atoms with van der Waals surface area (Å²) in [6, 6.07) is 11.1. The van der Waals surface area contributed by atoms with Crippen LogP contribution >= 0.6 is 11.3 Å². The van der Waals surface area contributed by atoms with E-state index in [1.54, 1.807) is 29.2 Å². The number of hydrogen-bond donors (Lipinski definition) is 1. The Balaban J connectivity index is 1.85. The van der Waals surface area contributed by atoms with Gasteiger partial charge in [-0.05, 0) is 17.7 Å². The molecule has 1 aromatic heterocycles. The normalized spacial score (nSPS) is 11.8. The fourth-order valence-corrected chi connectivity index (χ4v) is 3.62. The lowest BCUT2D eigenvalue weighted by atomic mass is 10.1. The quantitative estimate of drug-likeness (QED) is 0.530. The Morgan fingerprint density at radius 3 is 2.48 bits per heavy atom. The first-order chi connectivity index (χ1) is 13.7. The molecular formula is C20H16F4N2O2S. The smallest absolute Gasteiger partial charge is 0.416 e. The van der Waals surface area contributed by atoms with Gasteiger partial charge in [-0.3, -0.25) is 4.90 Å². The summed E-state index contributed by atoms with van der Waals surface area (Å²) in [7, 11) is 0. The van der Waals surface area contributed by atoms with Crippen molar-refractivity contribution < 1.29 is 27.5 Å². The number of carbonyl (C=O) groups is 1. The molecule has 0 radical (unpaired) electrons. The third-order valence-electron chi connectivity index (χ3n) is 4.14. The van der Waals surface area contributed by atoms with Crippen LogP contribution in [0.5, 0.6) is 0 Å². The number of nitrogens with zero attached hydrogens (tertiary/aromatic N) is 2. The summed E-state index contributed by atoms with van der Waals surface area (Å²) in [5, 5.41) is 10.9. The fourth-order valence-electron chi connectivity index (χ4n) is 2.81. The van der Waals surface area contributed by atoms with Crippen molar-refractivity contribution in [1.29, 1.82) is 0 Å². The molecule has 4 nitrogen and oxygen atoms in total. The Morgan fingerprint density at radius 2 is 1.83 bits per heavy atom. The predicted molar refractivity (Wildman–Crippen MR) is 99.9 cm³/mol. The fraction of sp³-hybridized carbons (Fsp3) is 0.200. The minimum absolute atomic E-state index is 0.102. The number of thiazole rings is 1. The van der Waals surface area contributed by atoms with Crippen molar-refractivity contribution in [1.82, 2.24) is 9.88 Å². The molecule has 9 heteroatoms. The molecule has 0 aliphatic heterocycles. The van der Waals surface area contributed by atoms with Crippen molar-refractivity contribution >= 4 is 17.3 Å². The number of alkyl halides is 3. The summed E-state index contributed by atoms with van der Waals surface area (Å²) >= 11 is 1.13. The van der Waals surface area contributed by atoms with Gasteiger partial charge in [0.15, 0.2) is 5.69 Å². The van der Waals surface area contributed by atoms with E-state index in [0.29, 0.717) is 16.1 Å². The Bertz CT molecular complexity index is 1000. The van der Waals surface area contributed by atoms with Gasteiger partial charge in [0, 0.05) is 24.0 Å². The lowest BCUT2D eigenvalue weighted by molar-refractivity contribution is -0.137. The van der Waals surface area contributed by atoms with Crippen LogP contribution in [0.25, 0.3) is 0 Å². The highest BCUT2D eigenvalue weighted by atomic mass is 32.1. The van der Waals surface area contributed by atoms with E-state index in [9.17, 15) is 22.4 Å². The Morgan fingerprint density at radius 1 is 1.07 bits per heavy atom. The van der Waals surface area contributed by atoms with Crippen molar-refractivity contribution in [2.75, 3.05) is 0 Å². The topological polar surface area (TPSA) is 53.4 Å². The molecule has 0 aliphatic rings. The van der Waals surface area contributed by atoms with Crippen molar-refractivity contribution in [3.63, 3.8) is 0 Å². The average molecular weight is 424 g/mol. The van der Waals surface area contributed by atoms with Crippen LogP contribution in [0.4, 0.5) is 17.6 Å². The van der Waals surface area contributed by atoms with E-state index in [1.165, 1.54) is 17.5 Å². The molecule has 0 saturated carbocycles. The van der Waals surface area contributed by atoms with E-state index in [1.807, 2.05) is 0 Å². The first kappa shape index (κ1) is 20.9. The van der Waals surface area contributed by atoms with Crippen LogP contribution in [0.3, 0.4) is 0 Å². The van der Waals surface area contributed by atoms with Gasteiger partial charge in [-0.25, -0.2) is 14.2 Å². The van der Waals surface area contributed by atoms with Gasteiger partial charge in [-0.2, -0.15) is 13.2 Å². The maximum Gasteiger partial charge on any atom is 0.416 e. The highest BCUT2D eigenvalue weighted by molar-refractivity contribution is 7.09. The Kier molecular flexibility index (Phi) is 6.29. The van der Waals surface area contributed by atoms with Crippen LogP contribution < -0.4 is 0 Å². The summed E-state index contributed by atoms with van der Waals surface area (Å²) in [6.07, 6.45) is -4.46. The van der Waals surface area contributed by atoms with E-state index in [-0.39, 0.29) is 25.3 Å². The van der Waals surface area contributed by atoms with E-state index in [0.717, 1.165) is 23.5 Å².